The normalized spacial score (nSPS) is 33.3. The molecule has 1 aromatic carbocycles. The first-order valence-electron chi connectivity index (χ1n) is 8.61. The van der Waals surface area contributed by atoms with Crippen molar-refractivity contribution >= 4 is 0 Å². The molecule has 0 aromatic heterocycles. The van der Waals surface area contributed by atoms with Crippen LogP contribution in [0, 0.1) is 5.82 Å². The van der Waals surface area contributed by atoms with Gasteiger partial charge in [0.1, 0.15) is 5.82 Å². The first kappa shape index (κ1) is 13.7. The highest BCUT2D eigenvalue weighted by Gasteiger charge is 2.38. The minimum absolute atomic E-state index is 0.00236. The van der Waals surface area contributed by atoms with Crippen molar-refractivity contribution in [3.63, 3.8) is 0 Å². The van der Waals surface area contributed by atoms with E-state index in [2.05, 4.69) is 16.3 Å². The van der Waals surface area contributed by atoms with Gasteiger partial charge in [-0.1, -0.05) is 18.6 Å². The SMILES string of the molecule is Fc1cccc2c1CCC2N1CCCCC1C1CCCN1. The maximum absolute atomic E-state index is 14.0. The van der Waals surface area contributed by atoms with Gasteiger partial charge in [-0.2, -0.15) is 0 Å². The highest BCUT2D eigenvalue weighted by Crippen LogP contribution is 2.41. The molecule has 0 saturated carbocycles. The maximum atomic E-state index is 14.0. The van der Waals surface area contributed by atoms with E-state index in [1.54, 1.807) is 6.07 Å². The molecule has 3 atom stereocenters. The summed E-state index contributed by atoms with van der Waals surface area (Å²) in [5.41, 5.74) is 2.24. The molecule has 21 heavy (non-hydrogen) atoms. The molecule has 1 N–H and O–H groups in total. The van der Waals surface area contributed by atoms with Crippen LogP contribution in [0.5, 0.6) is 0 Å². The minimum Gasteiger partial charge on any atom is -0.312 e. The van der Waals surface area contributed by atoms with Gasteiger partial charge >= 0.3 is 0 Å². The second-order valence-corrected chi connectivity index (χ2v) is 6.87. The Labute approximate surface area is 126 Å². The molecule has 0 bridgehead atoms. The van der Waals surface area contributed by atoms with Crippen LogP contribution < -0.4 is 5.32 Å². The third-order valence-corrected chi connectivity index (χ3v) is 5.74. The molecule has 114 valence electrons. The molecular weight excluding hydrogens is 263 g/mol. The van der Waals surface area contributed by atoms with Crippen LogP contribution in [0.1, 0.15) is 55.7 Å². The quantitative estimate of drug-likeness (QED) is 0.897. The van der Waals surface area contributed by atoms with E-state index in [9.17, 15) is 4.39 Å². The van der Waals surface area contributed by atoms with Crippen molar-refractivity contribution < 1.29 is 4.39 Å². The van der Waals surface area contributed by atoms with Crippen molar-refractivity contribution in [3.05, 3.63) is 35.1 Å². The van der Waals surface area contributed by atoms with Gasteiger partial charge in [-0.15, -0.1) is 0 Å². The summed E-state index contributed by atoms with van der Waals surface area (Å²) in [6.45, 7) is 2.36. The molecule has 3 heteroatoms. The Kier molecular flexibility index (Phi) is 3.72. The Morgan fingerprint density at radius 3 is 2.90 bits per heavy atom. The zero-order valence-electron chi connectivity index (χ0n) is 12.7. The lowest BCUT2D eigenvalue weighted by atomic mass is 9.91. The molecule has 0 spiro atoms. The van der Waals surface area contributed by atoms with E-state index in [-0.39, 0.29) is 5.82 Å². The minimum atomic E-state index is 0.00236. The van der Waals surface area contributed by atoms with Crippen molar-refractivity contribution in [2.75, 3.05) is 13.1 Å². The molecular formula is C18H25FN2. The summed E-state index contributed by atoms with van der Waals surface area (Å²) < 4.78 is 14.0. The van der Waals surface area contributed by atoms with E-state index in [4.69, 9.17) is 0 Å². The third kappa shape index (κ3) is 2.40. The average molecular weight is 288 g/mol. The van der Waals surface area contributed by atoms with Gasteiger partial charge in [0.05, 0.1) is 0 Å². The lowest BCUT2D eigenvalue weighted by Gasteiger charge is -2.43. The number of likely N-dealkylation sites (tertiary alicyclic amines) is 1. The number of hydrogen-bond acceptors (Lipinski definition) is 2. The number of piperidine rings is 1. The summed E-state index contributed by atoms with van der Waals surface area (Å²) in [6, 6.07) is 7.42. The maximum Gasteiger partial charge on any atom is 0.126 e. The number of nitrogens with zero attached hydrogens (tertiary/aromatic N) is 1. The van der Waals surface area contributed by atoms with Crippen molar-refractivity contribution in [1.29, 1.82) is 0 Å². The molecule has 1 aliphatic carbocycles. The van der Waals surface area contributed by atoms with E-state index in [1.165, 1.54) is 50.8 Å². The Balaban J connectivity index is 1.61. The van der Waals surface area contributed by atoms with Crippen molar-refractivity contribution in [2.24, 2.45) is 0 Å². The number of halogens is 1. The molecule has 1 aromatic rings. The summed E-state index contributed by atoms with van der Waals surface area (Å²) >= 11 is 0. The van der Waals surface area contributed by atoms with Crippen LogP contribution in [0.2, 0.25) is 0 Å². The number of benzene rings is 1. The topological polar surface area (TPSA) is 15.3 Å². The fourth-order valence-electron chi connectivity index (χ4n) is 4.77. The second-order valence-electron chi connectivity index (χ2n) is 6.87. The van der Waals surface area contributed by atoms with Crippen molar-refractivity contribution in [3.8, 4) is 0 Å². The summed E-state index contributed by atoms with van der Waals surface area (Å²) in [7, 11) is 0. The zero-order valence-corrected chi connectivity index (χ0v) is 12.7. The predicted molar refractivity (Wildman–Crippen MR) is 82.8 cm³/mol. The third-order valence-electron chi connectivity index (χ3n) is 5.74. The van der Waals surface area contributed by atoms with E-state index in [1.807, 2.05) is 6.07 Å². The van der Waals surface area contributed by atoms with Gasteiger partial charge in [0, 0.05) is 18.1 Å². The van der Waals surface area contributed by atoms with Gasteiger partial charge in [-0.25, -0.2) is 4.39 Å². The molecule has 3 unspecified atom stereocenters. The molecule has 4 rings (SSSR count). The van der Waals surface area contributed by atoms with E-state index < -0.39 is 0 Å². The monoisotopic (exact) mass is 288 g/mol. The summed E-state index contributed by atoms with van der Waals surface area (Å²) in [4.78, 5) is 2.71. The zero-order chi connectivity index (χ0) is 14.2. The van der Waals surface area contributed by atoms with E-state index in [0.717, 1.165) is 18.4 Å². The van der Waals surface area contributed by atoms with E-state index >= 15 is 0 Å². The summed E-state index contributed by atoms with van der Waals surface area (Å²) in [5, 5.41) is 3.70. The Hall–Kier alpha value is -0.930. The smallest absolute Gasteiger partial charge is 0.126 e. The molecule has 0 radical (unpaired) electrons. The van der Waals surface area contributed by atoms with Crippen LogP contribution in [-0.2, 0) is 6.42 Å². The van der Waals surface area contributed by atoms with E-state index in [0.29, 0.717) is 18.1 Å². The lowest BCUT2D eigenvalue weighted by Crippen LogP contribution is -2.51. The molecule has 2 aliphatic heterocycles. The number of hydrogen-bond donors (Lipinski definition) is 1. The average Bonchev–Trinajstić information content (AvgIpc) is 3.17. The summed E-state index contributed by atoms with van der Waals surface area (Å²) in [6.07, 6.45) is 8.58. The van der Waals surface area contributed by atoms with Crippen LogP contribution >= 0.6 is 0 Å². The van der Waals surface area contributed by atoms with Crippen molar-refractivity contribution in [1.82, 2.24) is 10.2 Å². The predicted octanol–water partition coefficient (Wildman–Crippen LogP) is 3.42. The van der Waals surface area contributed by atoms with Crippen LogP contribution in [0.25, 0.3) is 0 Å². The van der Waals surface area contributed by atoms with Crippen molar-refractivity contribution in [2.45, 2.75) is 63.1 Å². The van der Waals surface area contributed by atoms with Gasteiger partial charge < -0.3 is 5.32 Å². The van der Waals surface area contributed by atoms with Gasteiger partial charge in [0.15, 0.2) is 0 Å². The molecule has 2 saturated heterocycles. The van der Waals surface area contributed by atoms with Gasteiger partial charge in [-0.05, 0) is 68.8 Å². The van der Waals surface area contributed by atoms with Gasteiger partial charge in [-0.3, -0.25) is 4.90 Å². The highest BCUT2D eigenvalue weighted by molar-refractivity contribution is 5.36. The lowest BCUT2D eigenvalue weighted by molar-refractivity contribution is 0.0728. The molecule has 2 heterocycles. The number of rotatable bonds is 2. The molecule has 2 nitrogen and oxygen atoms in total. The molecule has 2 fully saturated rings. The van der Waals surface area contributed by atoms with Crippen LogP contribution in [0.4, 0.5) is 4.39 Å². The first-order valence-corrected chi connectivity index (χ1v) is 8.61. The number of nitrogens with one attached hydrogen (secondary N) is 1. The molecule has 0 amide bonds. The van der Waals surface area contributed by atoms with Crippen LogP contribution in [0.3, 0.4) is 0 Å². The Morgan fingerprint density at radius 2 is 2.05 bits per heavy atom. The standard InChI is InChI=1S/C18H25FN2/c19-15-6-3-5-14-13(15)9-10-17(14)21-12-2-1-8-18(21)16-7-4-11-20-16/h3,5-6,16-18,20H,1-2,4,7-12H2. The van der Waals surface area contributed by atoms with Crippen LogP contribution in [-0.4, -0.2) is 30.1 Å². The van der Waals surface area contributed by atoms with Gasteiger partial charge in [0.2, 0.25) is 0 Å². The fraction of sp³-hybridized carbons (Fsp3) is 0.667. The Morgan fingerprint density at radius 1 is 1.10 bits per heavy atom. The highest BCUT2D eigenvalue weighted by atomic mass is 19.1. The number of fused-ring (bicyclic) bond motifs is 1. The Bertz CT molecular complexity index is 510. The van der Waals surface area contributed by atoms with Crippen LogP contribution in [0.15, 0.2) is 18.2 Å². The fourth-order valence-corrected chi connectivity index (χ4v) is 4.77. The molecule has 3 aliphatic rings. The summed E-state index contributed by atoms with van der Waals surface area (Å²) in [5.74, 6) is 0.00236. The van der Waals surface area contributed by atoms with Gasteiger partial charge in [0.25, 0.3) is 0 Å². The largest absolute Gasteiger partial charge is 0.312 e. The first-order chi connectivity index (χ1) is 10.3. The second kappa shape index (κ2) is 5.69.